The summed E-state index contributed by atoms with van der Waals surface area (Å²) in [5.41, 5.74) is 2.64. The van der Waals surface area contributed by atoms with Gasteiger partial charge in [0.15, 0.2) is 5.78 Å². The first-order valence-electron chi connectivity index (χ1n) is 7.92. The number of carbonyl (C=O) groups excluding carboxylic acids is 1. The fourth-order valence-electron chi connectivity index (χ4n) is 2.79. The smallest absolute Gasteiger partial charge is 0.193 e. The molecule has 1 aliphatic rings. The van der Waals surface area contributed by atoms with Crippen LogP contribution in [0.3, 0.4) is 0 Å². The molecule has 0 saturated carbocycles. The maximum absolute atomic E-state index is 12.4. The molecular weight excluding hydrogens is 308 g/mol. The van der Waals surface area contributed by atoms with Gasteiger partial charge in [0, 0.05) is 48.9 Å². The maximum Gasteiger partial charge on any atom is 0.193 e. The van der Waals surface area contributed by atoms with E-state index in [0.29, 0.717) is 10.6 Å². The third-order valence-corrected chi connectivity index (χ3v) is 4.58. The van der Waals surface area contributed by atoms with Crippen molar-refractivity contribution in [1.29, 1.82) is 0 Å². The van der Waals surface area contributed by atoms with Crippen molar-refractivity contribution in [3.8, 4) is 0 Å². The van der Waals surface area contributed by atoms with E-state index in [-0.39, 0.29) is 5.78 Å². The molecule has 2 aromatic rings. The summed E-state index contributed by atoms with van der Waals surface area (Å²) in [5.74, 6) is 0.0350. The van der Waals surface area contributed by atoms with E-state index in [9.17, 15) is 4.79 Å². The van der Waals surface area contributed by atoms with Gasteiger partial charge in [-0.05, 0) is 36.9 Å². The molecule has 1 fully saturated rings. The second kappa shape index (κ2) is 7.26. The molecule has 23 heavy (non-hydrogen) atoms. The number of hydrogen-bond acceptors (Lipinski definition) is 3. The molecule has 1 saturated heterocycles. The average Bonchev–Trinajstić information content (AvgIpc) is 2.58. The van der Waals surface area contributed by atoms with E-state index in [1.54, 1.807) is 24.3 Å². The average molecular weight is 329 g/mol. The van der Waals surface area contributed by atoms with Gasteiger partial charge in [0.1, 0.15) is 0 Å². The second-order valence-corrected chi connectivity index (χ2v) is 6.55. The number of carbonyl (C=O) groups is 1. The summed E-state index contributed by atoms with van der Waals surface area (Å²) in [6, 6.07) is 15.0. The number of ketones is 1. The molecule has 2 aromatic carbocycles. The molecule has 3 nitrogen and oxygen atoms in total. The van der Waals surface area contributed by atoms with Crippen LogP contribution < -0.4 is 0 Å². The van der Waals surface area contributed by atoms with Crippen molar-refractivity contribution in [2.45, 2.75) is 6.54 Å². The predicted octanol–water partition coefficient (Wildman–Crippen LogP) is 3.32. The molecule has 120 valence electrons. The zero-order chi connectivity index (χ0) is 16.2. The predicted molar refractivity (Wildman–Crippen MR) is 94.1 cm³/mol. The molecule has 1 heterocycles. The lowest BCUT2D eigenvalue weighted by atomic mass is 10.0. The van der Waals surface area contributed by atoms with E-state index >= 15 is 0 Å². The van der Waals surface area contributed by atoms with E-state index in [1.165, 1.54) is 5.56 Å². The van der Waals surface area contributed by atoms with Crippen LogP contribution >= 0.6 is 11.6 Å². The topological polar surface area (TPSA) is 23.6 Å². The van der Waals surface area contributed by atoms with Crippen LogP contribution in [0, 0.1) is 0 Å². The van der Waals surface area contributed by atoms with Gasteiger partial charge in [0.2, 0.25) is 0 Å². The first kappa shape index (κ1) is 16.2. The summed E-state index contributed by atoms with van der Waals surface area (Å²) >= 11 is 5.87. The highest BCUT2D eigenvalue weighted by molar-refractivity contribution is 6.30. The van der Waals surface area contributed by atoms with Crippen LogP contribution in [-0.4, -0.2) is 48.8 Å². The molecule has 0 unspecified atom stereocenters. The van der Waals surface area contributed by atoms with Crippen LogP contribution in [0.25, 0.3) is 0 Å². The van der Waals surface area contributed by atoms with Crippen molar-refractivity contribution < 1.29 is 4.79 Å². The summed E-state index contributed by atoms with van der Waals surface area (Å²) in [6.07, 6.45) is 0. The fourth-order valence-corrected chi connectivity index (χ4v) is 2.92. The normalized spacial score (nSPS) is 16.4. The molecule has 0 aliphatic carbocycles. The molecule has 0 bridgehead atoms. The molecule has 0 amide bonds. The van der Waals surface area contributed by atoms with Crippen LogP contribution in [0.5, 0.6) is 0 Å². The van der Waals surface area contributed by atoms with Gasteiger partial charge in [-0.25, -0.2) is 0 Å². The zero-order valence-corrected chi connectivity index (χ0v) is 14.1. The van der Waals surface area contributed by atoms with Crippen molar-refractivity contribution >= 4 is 17.4 Å². The molecule has 0 N–H and O–H groups in total. The molecule has 3 rings (SSSR count). The quantitative estimate of drug-likeness (QED) is 0.804. The Kier molecular flexibility index (Phi) is 5.11. The lowest BCUT2D eigenvalue weighted by molar-refractivity contribution is 0.103. The summed E-state index contributed by atoms with van der Waals surface area (Å²) in [7, 11) is 2.16. The number of halogens is 1. The van der Waals surface area contributed by atoms with Gasteiger partial charge in [0.25, 0.3) is 0 Å². The van der Waals surface area contributed by atoms with Crippen LogP contribution in [0.2, 0.25) is 5.02 Å². The Bertz CT molecular complexity index is 659. The molecule has 0 spiro atoms. The second-order valence-electron chi connectivity index (χ2n) is 6.11. The Balaban J connectivity index is 1.64. The summed E-state index contributed by atoms with van der Waals surface area (Å²) in [5, 5.41) is 0.643. The molecular formula is C19H21ClN2O. The number of nitrogens with zero attached hydrogens (tertiary/aromatic N) is 2. The minimum Gasteiger partial charge on any atom is -0.304 e. The van der Waals surface area contributed by atoms with Crippen molar-refractivity contribution in [3.63, 3.8) is 0 Å². The van der Waals surface area contributed by atoms with E-state index in [0.717, 1.165) is 38.3 Å². The first-order chi connectivity index (χ1) is 11.1. The van der Waals surface area contributed by atoms with Gasteiger partial charge in [-0.1, -0.05) is 35.9 Å². The van der Waals surface area contributed by atoms with Crippen molar-refractivity contribution in [2.75, 3.05) is 33.2 Å². The monoisotopic (exact) mass is 328 g/mol. The van der Waals surface area contributed by atoms with Crippen molar-refractivity contribution in [3.05, 3.63) is 70.2 Å². The summed E-state index contributed by atoms with van der Waals surface area (Å²) in [6.45, 7) is 5.38. The minimum atomic E-state index is 0.0350. The maximum atomic E-state index is 12.4. The Morgan fingerprint density at radius 1 is 0.913 bits per heavy atom. The van der Waals surface area contributed by atoms with Crippen LogP contribution in [0.4, 0.5) is 0 Å². The van der Waals surface area contributed by atoms with E-state index < -0.39 is 0 Å². The highest BCUT2D eigenvalue weighted by Gasteiger charge is 2.14. The third-order valence-electron chi connectivity index (χ3n) is 4.32. The SMILES string of the molecule is CN1CCN(Cc2ccc(C(=O)c3ccc(Cl)cc3)cc2)CC1. The van der Waals surface area contributed by atoms with Crippen LogP contribution in [-0.2, 0) is 6.54 Å². The van der Waals surface area contributed by atoms with Crippen LogP contribution in [0.15, 0.2) is 48.5 Å². The summed E-state index contributed by atoms with van der Waals surface area (Å²) < 4.78 is 0. The van der Waals surface area contributed by atoms with Gasteiger partial charge < -0.3 is 4.90 Å². The lowest BCUT2D eigenvalue weighted by Crippen LogP contribution is -2.43. The zero-order valence-electron chi connectivity index (χ0n) is 13.3. The van der Waals surface area contributed by atoms with Crippen molar-refractivity contribution in [2.24, 2.45) is 0 Å². The highest BCUT2D eigenvalue weighted by atomic mass is 35.5. The van der Waals surface area contributed by atoms with Crippen molar-refractivity contribution in [1.82, 2.24) is 9.80 Å². The Labute approximate surface area is 142 Å². The molecule has 0 radical (unpaired) electrons. The molecule has 4 heteroatoms. The number of hydrogen-bond donors (Lipinski definition) is 0. The highest BCUT2D eigenvalue weighted by Crippen LogP contribution is 2.15. The van der Waals surface area contributed by atoms with E-state index in [2.05, 4.69) is 29.0 Å². The number of rotatable bonds is 4. The fraction of sp³-hybridized carbons (Fsp3) is 0.316. The molecule has 0 aromatic heterocycles. The Morgan fingerprint density at radius 2 is 1.43 bits per heavy atom. The molecule has 0 atom stereocenters. The van der Waals surface area contributed by atoms with Gasteiger partial charge in [-0.3, -0.25) is 9.69 Å². The number of likely N-dealkylation sites (N-methyl/N-ethyl adjacent to an activating group) is 1. The lowest BCUT2D eigenvalue weighted by Gasteiger charge is -2.32. The largest absolute Gasteiger partial charge is 0.304 e. The van der Waals surface area contributed by atoms with Gasteiger partial charge in [0.05, 0.1) is 0 Å². The van der Waals surface area contributed by atoms with E-state index in [1.807, 2.05) is 12.1 Å². The number of benzene rings is 2. The third kappa shape index (κ3) is 4.20. The Hall–Kier alpha value is -1.68. The standard InChI is InChI=1S/C19H21ClN2O/c1-21-10-12-22(13-11-21)14-15-2-4-16(5-3-15)19(23)17-6-8-18(20)9-7-17/h2-9H,10-14H2,1H3. The van der Waals surface area contributed by atoms with Crippen LogP contribution in [0.1, 0.15) is 21.5 Å². The minimum absolute atomic E-state index is 0.0350. The Morgan fingerprint density at radius 3 is 2.00 bits per heavy atom. The first-order valence-corrected chi connectivity index (χ1v) is 8.30. The van der Waals surface area contributed by atoms with Gasteiger partial charge >= 0.3 is 0 Å². The van der Waals surface area contributed by atoms with Gasteiger partial charge in [-0.2, -0.15) is 0 Å². The summed E-state index contributed by atoms with van der Waals surface area (Å²) in [4.78, 5) is 17.2. The molecule has 1 aliphatic heterocycles. The number of piperazine rings is 1. The van der Waals surface area contributed by atoms with Gasteiger partial charge in [-0.15, -0.1) is 0 Å². The van der Waals surface area contributed by atoms with E-state index in [4.69, 9.17) is 11.6 Å².